The maximum Gasteiger partial charge on any atom is 0.256 e. The lowest BCUT2D eigenvalue weighted by atomic mass is 10.0. The molecule has 26 heavy (non-hydrogen) atoms. The van der Waals surface area contributed by atoms with Gasteiger partial charge in [-0.25, -0.2) is 0 Å². The molecule has 0 saturated carbocycles. The van der Waals surface area contributed by atoms with Gasteiger partial charge in [0.05, 0.1) is 23.4 Å². The largest absolute Gasteiger partial charge is 0.397 e. The van der Waals surface area contributed by atoms with E-state index in [1.165, 1.54) is 28.9 Å². The fraction of sp³-hybridized carbons (Fsp3) is 0.350. The summed E-state index contributed by atoms with van der Waals surface area (Å²) in [5.74, 6) is -0.359. The lowest BCUT2D eigenvalue weighted by molar-refractivity contribution is -0.122. The number of nitrogens with zero attached hydrogens (tertiary/aromatic N) is 2. The highest BCUT2D eigenvalue weighted by Crippen LogP contribution is 2.23. The number of β-amino-alcohol motifs (C(OH)–C–C–N with tert-alkyl or cyclic N) is 1. The van der Waals surface area contributed by atoms with Crippen LogP contribution in [0.3, 0.4) is 0 Å². The number of aliphatic hydroxyl groups is 1. The van der Waals surface area contributed by atoms with Crippen LogP contribution in [0.2, 0.25) is 0 Å². The number of aryl methyl sites for hydroxylation is 2. The molecule has 0 aliphatic carbocycles. The van der Waals surface area contributed by atoms with Crippen LogP contribution in [-0.4, -0.2) is 45.4 Å². The third-order valence-electron chi connectivity index (χ3n) is 4.70. The van der Waals surface area contributed by atoms with Gasteiger partial charge in [0.25, 0.3) is 5.91 Å². The van der Waals surface area contributed by atoms with Gasteiger partial charge in [0.1, 0.15) is 0 Å². The molecule has 2 heterocycles. The van der Waals surface area contributed by atoms with Crippen LogP contribution in [0, 0.1) is 6.92 Å². The quantitative estimate of drug-likeness (QED) is 0.854. The number of aromatic nitrogens is 1. The average molecular weight is 353 g/mol. The normalized spacial score (nSPS) is 19.5. The van der Waals surface area contributed by atoms with Gasteiger partial charge in [0, 0.05) is 31.8 Å². The minimum Gasteiger partial charge on any atom is -0.397 e. The number of likely N-dealkylation sites (tertiary alicyclic amines) is 1. The molecule has 3 N–H and O–H groups in total. The van der Waals surface area contributed by atoms with Gasteiger partial charge in [-0.2, -0.15) is 0 Å². The van der Waals surface area contributed by atoms with E-state index in [4.69, 9.17) is 5.73 Å². The van der Waals surface area contributed by atoms with Gasteiger partial charge in [0.15, 0.2) is 5.78 Å². The zero-order valence-electron chi connectivity index (χ0n) is 14.8. The van der Waals surface area contributed by atoms with E-state index in [2.05, 4.69) is 4.98 Å². The van der Waals surface area contributed by atoms with E-state index in [9.17, 15) is 14.7 Å². The van der Waals surface area contributed by atoms with E-state index in [1.54, 1.807) is 0 Å². The van der Waals surface area contributed by atoms with Crippen LogP contribution >= 0.6 is 0 Å². The number of Topliss-reactive ketones (excluding diaryl/α,β-unsaturated/α-hetero) is 1. The van der Waals surface area contributed by atoms with Crippen LogP contribution in [0.5, 0.6) is 0 Å². The van der Waals surface area contributed by atoms with Crippen molar-refractivity contribution in [2.75, 3.05) is 12.3 Å². The molecule has 6 heteroatoms. The van der Waals surface area contributed by atoms with Crippen LogP contribution in [0.1, 0.15) is 34.3 Å². The number of ketones is 1. The molecular formula is C20H23N3O3. The Labute approximate surface area is 152 Å². The zero-order chi connectivity index (χ0) is 18.7. The molecule has 0 unspecified atom stereocenters. The number of nitrogen functional groups attached to an aromatic ring is 1. The number of rotatable bonds is 5. The maximum absolute atomic E-state index is 12.7. The number of benzene rings is 1. The van der Waals surface area contributed by atoms with Crippen LogP contribution in [0.25, 0.3) is 0 Å². The van der Waals surface area contributed by atoms with Gasteiger partial charge in [0.2, 0.25) is 0 Å². The van der Waals surface area contributed by atoms with Crippen molar-refractivity contribution in [3.05, 3.63) is 59.4 Å². The van der Waals surface area contributed by atoms with Gasteiger partial charge in [-0.1, -0.05) is 29.8 Å². The number of nitrogens with two attached hydrogens (primary N) is 1. The van der Waals surface area contributed by atoms with Crippen molar-refractivity contribution in [1.82, 2.24) is 9.88 Å². The number of amides is 1. The van der Waals surface area contributed by atoms with Crippen molar-refractivity contribution >= 4 is 17.4 Å². The molecule has 3 rings (SSSR count). The Morgan fingerprint density at radius 1 is 1.27 bits per heavy atom. The van der Waals surface area contributed by atoms with E-state index in [1.807, 2.05) is 31.2 Å². The van der Waals surface area contributed by atoms with Gasteiger partial charge in [-0.15, -0.1) is 0 Å². The topological polar surface area (TPSA) is 96.5 Å². The first-order chi connectivity index (χ1) is 12.4. The minimum absolute atomic E-state index is 0.0349. The molecule has 2 aromatic rings. The first-order valence-corrected chi connectivity index (χ1v) is 8.72. The number of carbonyl (C=O) groups is 2. The molecule has 1 aromatic carbocycles. The van der Waals surface area contributed by atoms with Gasteiger partial charge < -0.3 is 15.7 Å². The third kappa shape index (κ3) is 4.08. The summed E-state index contributed by atoms with van der Waals surface area (Å²) >= 11 is 0. The number of anilines is 1. The summed E-state index contributed by atoms with van der Waals surface area (Å²) in [7, 11) is 0. The molecular weight excluding hydrogens is 330 g/mol. The highest BCUT2D eigenvalue weighted by molar-refractivity contribution is 5.98. The van der Waals surface area contributed by atoms with Crippen LogP contribution in [-0.2, 0) is 11.2 Å². The molecule has 1 saturated heterocycles. The molecule has 1 fully saturated rings. The van der Waals surface area contributed by atoms with Crippen molar-refractivity contribution in [2.24, 2.45) is 0 Å². The lowest BCUT2D eigenvalue weighted by Crippen LogP contribution is -2.40. The number of carbonyl (C=O) groups excluding carboxylic acids is 2. The van der Waals surface area contributed by atoms with E-state index in [0.717, 1.165) is 5.56 Å². The Morgan fingerprint density at radius 3 is 2.69 bits per heavy atom. The summed E-state index contributed by atoms with van der Waals surface area (Å²) in [6.07, 6.45) is 3.42. The summed E-state index contributed by atoms with van der Waals surface area (Å²) < 4.78 is 0. The predicted octanol–water partition coefficient (Wildman–Crippen LogP) is 1.75. The number of hydrogen-bond donors (Lipinski definition) is 2. The predicted molar refractivity (Wildman–Crippen MR) is 98.6 cm³/mol. The molecule has 0 spiro atoms. The molecule has 136 valence electrons. The molecule has 1 aliphatic rings. The summed E-state index contributed by atoms with van der Waals surface area (Å²) in [6, 6.07) is 8.97. The highest BCUT2D eigenvalue weighted by atomic mass is 16.3. The van der Waals surface area contributed by atoms with Gasteiger partial charge in [-0.3, -0.25) is 14.6 Å². The number of hydrogen-bond acceptors (Lipinski definition) is 5. The van der Waals surface area contributed by atoms with Crippen LogP contribution < -0.4 is 5.73 Å². The standard InChI is InChI=1S/C20H23N3O3/c1-13-2-4-14(5-3-13)6-7-19(25)18-9-17(24)12-23(18)20(26)15-8-16(21)11-22-10-15/h2-5,8,10-11,17-18,24H,6-7,9,12,21H2,1H3/t17-,18+/m1/s1. The van der Waals surface area contributed by atoms with Crippen molar-refractivity contribution in [1.29, 1.82) is 0 Å². The summed E-state index contributed by atoms with van der Waals surface area (Å²) in [5, 5.41) is 10.00. The monoisotopic (exact) mass is 353 g/mol. The summed E-state index contributed by atoms with van der Waals surface area (Å²) in [6.45, 7) is 2.16. The minimum atomic E-state index is -0.693. The van der Waals surface area contributed by atoms with Crippen LogP contribution in [0.15, 0.2) is 42.7 Å². The van der Waals surface area contributed by atoms with Gasteiger partial charge in [-0.05, 0) is 25.0 Å². The Hall–Kier alpha value is -2.73. The Kier molecular flexibility index (Phi) is 5.32. The van der Waals surface area contributed by atoms with Crippen LogP contribution in [0.4, 0.5) is 5.69 Å². The smallest absolute Gasteiger partial charge is 0.256 e. The molecule has 1 amide bonds. The second-order valence-electron chi connectivity index (χ2n) is 6.82. The summed E-state index contributed by atoms with van der Waals surface area (Å²) in [5.41, 5.74) is 8.66. The lowest BCUT2D eigenvalue weighted by Gasteiger charge is -2.23. The molecule has 0 radical (unpaired) electrons. The van der Waals surface area contributed by atoms with Crippen molar-refractivity contribution in [3.63, 3.8) is 0 Å². The van der Waals surface area contributed by atoms with Crippen molar-refractivity contribution in [2.45, 2.75) is 38.3 Å². The molecule has 1 aliphatic heterocycles. The fourth-order valence-corrected chi connectivity index (χ4v) is 3.27. The van der Waals surface area contributed by atoms with E-state index < -0.39 is 12.1 Å². The van der Waals surface area contributed by atoms with Crippen molar-refractivity contribution in [3.8, 4) is 0 Å². The summed E-state index contributed by atoms with van der Waals surface area (Å²) in [4.78, 5) is 30.8. The SMILES string of the molecule is Cc1ccc(CCC(=O)[C@@H]2C[C@@H](O)CN2C(=O)c2cncc(N)c2)cc1. The van der Waals surface area contributed by atoms with E-state index in [0.29, 0.717) is 24.1 Å². The molecule has 0 bridgehead atoms. The second kappa shape index (κ2) is 7.66. The fourth-order valence-electron chi connectivity index (χ4n) is 3.27. The third-order valence-corrected chi connectivity index (χ3v) is 4.70. The van der Waals surface area contributed by atoms with E-state index in [-0.39, 0.29) is 24.7 Å². The first kappa shape index (κ1) is 18.1. The highest BCUT2D eigenvalue weighted by Gasteiger charge is 2.38. The van der Waals surface area contributed by atoms with Crippen molar-refractivity contribution < 1.29 is 14.7 Å². The average Bonchev–Trinajstić information content (AvgIpc) is 3.02. The van der Waals surface area contributed by atoms with Gasteiger partial charge >= 0.3 is 0 Å². The number of aliphatic hydroxyl groups excluding tert-OH is 1. The van der Waals surface area contributed by atoms with E-state index >= 15 is 0 Å². The first-order valence-electron chi connectivity index (χ1n) is 8.72. The molecule has 2 atom stereocenters. The Balaban J connectivity index is 1.69. The second-order valence-corrected chi connectivity index (χ2v) is 6.82. The molecule has 6 nitrogen and oxygen atoms in total. The number of pyridine rings is 1. The zero-order valence-corrected chi connectivity index (χ0v) is 14.8. The Bertz CT molecular complexity index is 804. The maximum atomic E-state index is 12.7. The molecule has 1 aromatic heterocycles. The Morgan fingerprint density at radius 2 is 2.00 bits per heavy atom.